The molecule has 0 saturated heterocycles. The first-order chi connectivity index (χ1) is 9.48. The summed E-state index contributed by atoms with van der Waals surface area (Å²) in [6.07, 6.45) is 1.14. The Labute approximate surface area is 122 Å². The summed E-state index contributed by atoms with van der Waals surface area (Å²) in [4.78, 5) is 14.6. The lowest BCUT2D eigenvalue weighted by Crippen LogP contribution is -2.40. The van der Waals surface area contributed by atoms with Crippen molar-refractivity contribution >= 4 is 11.6 Å². The fourth-order valence-corrected chi connectivity index (χ4v) is 2.88. The molecule has 1 atom stereocenters. The molecule has 110 valence electrons. The molecule has 0 bridgehead atoms. The normalized spacial score (nSPS) is 18.2. The molecular weight excluding hydrogens is 248 g/mol. The second-order valence-corrected chi connectivity index (χ2v) is 6.37. The van der Waals surface area contributed by atoms with Crippen LogP contribution in [0.3, 0.4) is 0 Å². The summed E-state index contributed by atoms with van der Waals surface area (Å²) in [5.41, 5.74) is 1.84. The average molecular weight is 274 g/mol. The van der Waals surface area contributed by atoms with Crippen molar-refractivity contribution in [1.82, 2.24) is 5.32 Å². The van der Waals surface area contributed by atoms with Gasteiger partial charge in [0.05, 0.1) is 5.41 Å². The van der Waals surface area contributed by atoms with Gasteiger partial charge < -0.3 is 10.2 Å². The van der Waals surface area contributed by atoms with Gasteiger partial charge in [0, 0.05) is 12.2 Å². The van der Waals surface area contributed by atoms with Crippen molar-refractivity contribution in [3.8, 4) is 0 Å². The third-order valence-electron chi connectivity index (χ3n) is 4.06. The molecule has 2 rings (SSSR count). The maximum absolute atomic E-state index is 12.7. The number of para-hydroxylation sites is 1. The van der Waals surface area contributed by atoms with Crippen LogP contribution in [0.1, 0.15) is 39.7 Å². The molecule has 0 fully saturated rings. The van der Waals surface area contributed by atoms with Crippen LogP contribution >= 0.6 is 0 Å². The van der Waals surface area contributed by atoms with Crippen LogP contribution in [0.15, 0.2) is 24.3 Å². The van der Waals surface area contributed by atoms with E-state index in [2.05, 4.69) is 31.3 Å². The lowest BCUT2D eigenvalue weighted by molar-refractivity contribution is -0.122. The summed E-state index contributed by atoms with van der Waals surface area (Å²) in [5.74, 6) is 0.675. The van der Waals surface area contributed by atoms with E-state index >= 15 is 0 Å². The highest BCUT2D eigenvalue weighted by Crippen LogP contribution is 2.41. The van der Waals surface area contributed by atoms with E-state index < -0.39 is 5.41 Å². The molecule has 1 heterocycles. The van der Waals surface area contributed by atoms with E-state index in [4.69, 9.17) is 0 Å². The van der Waals surface area contributed by atoms with E-state index in [1.807, 2.05) is 30.9 Å². The number of nitrogens with zero attached hydrogens (tertiary/aromatic N) is 1. The summed E-state index contributed by atoms with van der Waals surface area (Å²) < 4.78 is 0. The molecule has 1 unspecified atom stereocenters. The van der Waals surface area contributed by atoms with Crippen molar-refractivity contribution < 1.29 is 4.79 Å². The predicted molar refractivity (Wildman–Crippen MR) is 84.1 cm³/mol. The summed E-state index contributed by atoms with van der Waals surface area (Å²) in [6, 6.07) is 8.17. The molecule has 0 radical (unpaired) electrons. The summed E-state index contributed by atoms with van der Waals surface area (Å²) >= 11 is 0. The Morgan fingerprint density at radius 2 is 2.00 bits per heavy atom. The maximum Gasteiger partial charge on any atom is 0.237 e. The number of fused-ring (bicyclic) bond motifs is 1. The van der Waals surface area contributed by atoms with Crippen molar-refractivity contribution in [2.24, 2.45) is 5.92 Å². The highest BCUT2D eigenvalue weighted by molar-refractivity contribution is 6.07. The second kappa shape index (κ2) is 5.96. The Balaban J connectivity index is 2.11. The minimum atomic E-state index is -0.396. The second-order valence-electron chi connectivity index (χ2n) is 6.37. The van der Waals surface area contributed by atoms with E-state index in [1.54, 1.807) is 0 Å². The SMILES string of the molecule is CCCNCC(C)CN1C(=O)C(C)(C)c2ccccc21. The van der Waals surface area contributed by atoms with Crippen LogP contribution in [0.2, 0.25) is 0 Å². The summed E-state index contributed by atoms with van der Waals surface area (Å²) in [6.45, 7) is 11.2. The standard InChI is InChI=1S/C17H26N2O/c1-5-10-18-11-13(2)12-19-15-9-7-6-8-14(15)17(3,4)16(19)20/h6-9,13,18H,5,10-12H2,1-4H3. The van der Waals surface area contributed by atoms with Crippen LogP contribution in [0.4, 0.5) is 5.69 Å². The molecule has 3 nitrogen and oxygen atoms in total. The molecule has 1 amide bonds. The lowest BCUT2D eigenvalue weighted by atomic mass is 9.86. The first kappa shape index (κ1) is 15.0. The molecule has 1 aromatic carbocycles. The summed E-state index contributed by atoms with van der Waals surface area (Å²) in [5, 5.41) is 3.43. The Hall–Kier alpha value is -1.35. The molecule has 1 N–H and O–H groups in total. The molecule has 3 heteroatoms. The largest absolute Gasteiger partial charge is 0.316 e. The van der Waals surface area contributed by atoms with Crippen molar-refractivity contribution in [2.45, 2.75) is 39.5 Å². The van der Waals surface area contributed by atoms with Gasteiger partial charge in [0.15, 0.2) is 0 Å². The van der Waals surface area contributed by atoms with Gasteiger partial charge in [0.2, 0.25) is 5.91 Å². The monoisotopic (exact) mass is 274 g/mol. The maximum atomic E-state index is 12.7. The Morgan fingerprint density at radius 1 is 1.30 bits per heavy atom. The van der Waals surface area contributed by atoms with Gasteiger partial charge in [-0.15, -0.1) is 0 Å². The number of nitrogens with one attached hydrogen (secondary N) is 1. The molecule has 1 aliphatic rings. The number of anilines is 1. The van der Waals surface area contributed by atoms with Gasteiger partial charge in [0.1, 0.15) is 0 Å². The van der Waals surface area contributed by atoms with E-state index in [0.717, 1.165) is 37.3 Å². The van der Waals surface area contributed by atoms with Gasteiger partial charge in [-0.05, 0) is 50.9 Å². The smallest absolute Gasteiger partial charge is 0.237 e. The minimum Gasteiger partial charge on any atom is -0.316 e. The van der Waals surface area contributed by atoms with Gasteiger partial charge in [-0.1, -0.05) is 32.0 Å². The van der Waals surface area contributed by atoms with Gasteiger partial charge in [-0.3, -0.25) is 4.79 Å². The third kappa shape index (κ3) is 2.73. The van der Waals surface area contributed by atoms with E-state index in [9.17, 15) is 4.79 Å². The zero-order chi connectivity index (χ0) is 14.8. The molecule has 0 aromatic heterocycles. The average Bonchev–Trinajstić information content (AvgIpc) is 2.61. The van der Waals surface area contributed by atoms with Crippen molar-refractivity contribution in [3.05, 3.63) is 29.8 Å². The quantitative estimate of drug-likeness (QED) is 0.809. The number of amides is 1. The zero-order valence-corrected chi connectivity index (χ0v) is 13.1. The molecule has 0 spiro atoms. The number of hydrogen-bond donors (Lipinski definition) is 1. The van der Waals surface area contributed by atoms with Crippen molar-refractivity contribution in [2.75, 3.05) is 24.5 Å². The third-order valence-corrected chi connectivity index (χ3v) is 4.06. The Morgan fingerprint density at radius 3 is 2.70 bits per heavy atom. The highest BCUT2D eigenvalue weighted by atomic mass is 16.2. The molecular formula is C17H26N2O. The Bertz CT molecular complexity index is 482. The molecule has 0 aliphatic carbocycles. The topological polar surface area (TPSA) is 32.3 Å². The number of rotatable bonds is 6. The Kier molecular flexibility index (Phi) is 4.48. The van der Waals surface area contributed by atoms with Gasteiger partial charge in [-0.2, -0.15) is 0 Å². The van der Waals surface area contributed by atoms with Gasteiger partial charge >= 0.3 is 0 Å². The first-order valence-electron chi connectivity index (χ1n) is 7.60. The predicted octanol–water partition coefficient (Wildman–Crippen LogP) is 2.95. The van der Waals surface area contributed by atoms with Crippen LogP contribution in [0.25, 0.3) is 0 Å². The van der Waals surface area contributed by atoms with Crippen molar-refractivity contribution in [1.29, 1.82) is 0 Å². The van der Waals surface area contributed by atoms with Crippen molar-refractivity contribution in [3.63, 3.8) is 0 Å². The molecule has 1 aromatic rings. The van der Waals surface area contributed by atoms with Crippen LogP contribution in [-0.4, -0.2) is 25.5 Å². The number of carbonyl (C=O) groups excluding carboxylic acids is 1. The number of hydrogen-bond acceptors (Lipinski definition) is 2. The van der Waals surface area contributed by atoms with Crippen LogP contribution < -0.4 is 10.2 Å². The molecule has 20 heavy (non-hydrogen) atoms. The zero-order valence-electron chi connectivity index (χ0n) is 13.1. The number of carbonyl (C=O) groups is 1. The summed E-state index contributed by atoms with van der Waals surface area (Å²) in [7, 11) is 0. The van der Waals surface area contributed by atoms with Gasteiger partial charge in [-0.25, -0.2) is 0 Å². The van der Waals surface area contributed by atoms with Crippen LogP contribution in [0.5, 0.6) is 0 Å². The van der Waals surface area contributed by atoms with Gasteiger partial charge in [0.25, 0.3) is 0 Å². The highest BCUT2D eigenvalue weighted by Gasteiger charge is 2.43. The number of benzene rings is 1. The molecule has 0 saturated carbocycles. The van der Waals surface area contributed by atoms with E-state index in [0.29, 0.717) is 5.92 Å². The minimum absolute atomic E-state index is 0.223. The van der Waals surface area contributed by atoms with E-state index in [1.165, 1.54) is 0 Å². The van der Waals surface area contributed by atoms with Crippen LogP contribution in [-0.2, 0) is 10.2 Å². The van der Waals surface area contributed by atoms with E-state index in [-0.39, 0.29) is 5.91 Å². The fourth-order valence-electron chi connectivity index (χ4n) is 2.88. The fraction of sp³-hybridized carbons (Fsp3) is 0.588. The van der Waals surface area contributed by atoms with Crippen LogP contribution in [0, 0.1) is 5.92 Å². The lowest BCUT2D eigenvalue weighted by Gasteiger charge is -2.24. The molecule has 1 aliphatic heterocycles. The first-order valence-corrected chi connectivity index (χ1v) is 7.60.